The lowest BCUT2D eigenvalue weighted by Gasteiger charge is -2.44. The van der Waals surface area contributed by atoms with Crippen LogP contribution in [0.2, 0.25) is 0 Å². The molecule has 1 N–H and O–H groups in total. The van der Waals surface area contributed by atoms with E-state index in [-0.39, 0.29) is 5.41 Å². The number of rotatable bonds is 4. The zero-order valence-corrected chi connectivity index (χ0v) is 11.3. The molecule has 2 fully saturated rings. The second-order valence-electron chi connectivity index (χ2n) is 5.91. The van der Waals surface area contributed by atoms with E-state index in [0.29, 0.717) is 11.7 Å². The Labute approximate surface area is 106 Å². The van der Waals surface area contributed by atoms with Gasteiger partial charge in [-0.25, -0.2) is 0 Å². The minimum atomic E-state index is 0.0572. The number of piperidine rings is 1. The van der Waals surface area contributed by atoms with Crippen molar-refractivity contribution in [3.8, 4) is 0 Å². The maximum atomic E-state index is 12.6. The SMILES string of the molecule is CCCC(=O)C1(C2CCCCC2)CCNCC1. The fourth-order valence-corrected chi connectivity index (χ4v) is 3.92. The molecule has 98 valence electrons. The Balaban J connectivity index is 2.12. The minimum absolute atomic E-state index is 0.0572. The standard InChI is InChI=1S/C15H27NO/c1-2-6-14(17)15(9-11-16-12-10-15)13-7-4-3-5-8-13/h13,16H,2-12H2,1H3. The van der Waals surface area contributed by atoms with Gasteiger partial charge < -0.3 is 5.32 Å². The molecule has 0 aromatic carbocycles. The first-order chi connectivity index (χ1) is 8.29. The molecule has 0 radical (unpaired) electrons. The maximum absolute atomic E-state index is 12.6. The molecule has 1 aliphatic heterocycles. The van der Waals surface area contributed by atoms with Crippen molar-refractivity contribution in [1.29, 1.82) is 0 Å². The summed E-state index contributed by atoms with van der Waals surface area (Å²) < 4.78 is 0. The highest BCUT2D eigenvalue weighted by Crippen LogP contribution is 2.46. The van der Waals surface area contributed by atoms with Gasteiger partial charge in [0.2, 0.25) is 0 Å². The number of ketones is 1. The highest BCUT2D eigenvalue weighted by atomic mass is 16.1. The lowest BCUT2D eigenvalue weighted by Crippen LogP contribution is -2.47. The van der Waals surface area contributed by atoms with E-state index in [1.54, 1.807) is 0 Å². The highest BCUT2D eigenvalue weighted by molar-refractivity contribution is 5.85. The number of carbonyl (C=O) groups excluding carboxylic acids is 1. The average molecular weight is 237 g/mol. The number of hydrogen-bond acceptors (Lipinski definition) is 2. The largest absolute Gasteiger partial charge is 0.317 e. The zero-order chi connectivity index (χ0) is 12.1. The Bertz CT molecular complexity index is 250. The van der Waals surface area contributed by atoms with Gasteiger partial charge in [0, 0.05) is 11.8 Å². The third kappa shape index (κ3) is 2.73. The maximum Gasteiger partial charge on any atom is 0.139 e. The first kappa shape index (κ1) is 13.1. The molecule has 0 aromatic rings. The molecule has 0 spiro atoms. The van der Waals surface area contributed by atoms with Crippen molar-refractivity contribution in [2.75, 3.05) is 13.1 Å². The predicted molar refractivity (Wildman–Crippen MR) is 71.0 cm³/mol. The van der Waals surface area contributed by atoms with Crippen LogP contribution in [0.4, 0.5) is 0 Å². The Morgan fingerprint density at radius 3 is 2.41 bits per heavy atom. The molecule has 2 rings (SSSR count). The fraction of sp³-hybridized carbons (Fsp3) is 0.933. The Hall–Kier alpha value is -0.370. The molecule has 1 heterocycles. The van der Waals surface area contributed by atoms with Gasteiger partial charge in [-0.3, -0.25) is 4.79 Å². The summed E-state index contributed by atoms with van der Waals surface area (Å²) in [5.41, 5.74) is 0.0572. The molecule has 1 saturated carbocycles. The van der Waals surface area contributed by atoms with Crippen LogP contribution < -0.4 is 5.32 Å². The number of carbonyl (C=O) groups is 1. The van der Waals surface area contributed by atoms with E-state index in [9.17, 15) is 4.79 Å². The smallest absolute Gasteiger partial charge is 0.139 e. The van der Waals surface area contributed by atoms with Crippen molar-refractivity contribution in [3.05, 3.63) is 0 Å². The topological polar surface area (TPSA) is 29.1 Å². The van der Waals surface area contributed by atoms with E-state index in [1.807, 2.05) is 0 Å². The van der Waals surface area contributed by atoms with Gasteiger partial charge in [-0.05, 0) is 51.1 Å². The summed E-state index contributed by atoms with van der Waals surface area (Å²) >= 11 is 0. The molecule has 17 heavy (non-hydrogen) atoms. The van der Waals surface area contributed by atoms with Crippen molar-refractivity contribution in [1.82, 2.24) is 5.32 Å². The number of nitrogens with one attached hydrogen (secondary N) is 1. The van der Waals surface area contributed by atoms with Crippen LogP contribution in [0.3, 0.4) is 0 Å². The van der Waals surface area contributed by atoms with Crippen molar-refractivity contribution in [3.63, 3.8) is 0 Å². The van der Waals surface area contributed by atoms with Crippen molar-refractivity contribution >= 4 is 5.78 Å². The molecule has 2 aliphatic rings. The summed E-state index contributed by atoms with van der Waals surface area (Å²) in [5.74, 6) is 1.27. The van der Waals surface area contributed by atoms with E-state index in [1.165, 1.54) is 32.1 Å². The van der Waals surface area contributed by atoms with E-state index in [0.717, 1.165) is 38.8 Å². The molecule has 0 aromatic heterocycles. The molecular formula is C15H27NO. The minimum Gasteiger partial charge on any atom is -0.317 e. The van der Waals surface area contributed by atoms with Crippen molar-refractivity contribution < 1.29 is 4.79 Å². The van der Waals surface area contributed by atoms with Gasteiger partial charge in [0.25, 0.3) is 0 Å². The zero-order valence-electron chi connectivity index (χ0n) is 11.3. The van der Waals surface area contributed by atoms with Gasteiger partial charge in [0.1, 0.15) is 5.78 Å². The second-order valence-corrected chi connectivity index (χ2v) is 5.91. The summed E-state index contributed by atoms with van der Waals surface area (Å²) in [7, 11) is 0. The van der Waals surface area contributed by atoms with Crippen LogP contribution >= 0.6 is 0 Å². The van der Waals surface area contributed by atoms with Gasteiger partial charge in [0.05, 0.1) is 0 Å². The third-order valence-corrected chi connectivity index (χ3v) is 4.91. The molecule has 1 saturated heterocycles. The molecule has 0 amide bonds. The monoisotopic (exact) mass is 237 g/mol. The van der Waals surface area contributed by atoms with Gasteiger partial charge in [-0.2, -0.15) is 0 Å². The van der Waals surface area contributed by atoms with Crippen LogP contribution in [0.25, 0.3) is 0 Å². The van der Waals surface area contributed by atoms with Gasteiger partial charge in [-0.1, -0.05) is 26.2 Å². The lowest BCUT2D eigenvalue weighted by atomic mass is 9.61. The van der Waals surface area contributed by atoms with E-state index < -0.39 is 0 Å². The van der Waals surface area contributed by atoms with Crippen LogP contribution in [0.15, 0.2) is 0 Å². The summed E-state index contributed by atoms with van der Waals surface area (Å²) in [6.07, 6.45) is 10.7. The normalized spacial score (nSPS) is 25.7. The van der Waals surface area contributed by atoms with Crippen LogP contribution in [0.1, 0.15) is 64.7 Å². The third-order valence-electron chi connectivity index (χ3n) is 4.91. The first-order valence-corrected chi connectivity index (χ1v) is 7.53. The molecule has 1 aliphatic carbocycles. The predicted octanol–water partition coefficient (Wildman–Crippen LogP) is 3.31. The van der Waals surface area contributed by atoms with Gasteiger partial charge in [-0.15, -0.1) is 0 Å². The van der Waals surface area contributed by atoms with Crippen LogP contribution in [0.5, 0.6) is 0 Å². The summed E-state index contributed by atoms with van der Waals surface area (Å²) in [5, 5.41) is 3.42. The molecular weight excluding hydrogens is 210 g/mol. The summed E-state index contributed by atoms with van der Waals surface area (Å²) in [6.45, 7) is 4.23. The Morgan fingerprint density at radius 2 is 1.82 bits per heavy atom. The Morgan fingerprint density at radius 1 is 1.18 bits per heavy atom. The summed E-state index contributed by atoms with van der Waals surface area (Å²) in [4.78, 5) is 12.6. The molecule has 2 nitrogen and oxygen atoms in total. The van der Waals surface area contributed by atoms with E-state index in [4.69, 9.17) is 0 Å². The van der Waals surface area contributed by atoms with Crippen molar-refractivity contribution in [2.24, 2.45) is 11.3 Å². The molecule has 0 unspecified atom stereocenters. The molecule has 0 bridgehead atoms. The number of Topliss-reactive ketones (excluding diaryl/α,β-unsaturated/α-hetero) is 1. The first-order valence-electron chi connectivity index (χ1n) is 7.53. The summed E-state index contributed by atoms with van der Waals surface area (Å²) in [6, 6.07) is 0. The quantitative estimate of drug-likeness (QED) is 0.813. The van der Waals surface area contributed by atoms with E-state index in [2.05, 4.69) is 12.2 Å². The number of hydrogen-bond donors (Lipinski definition) is 1. The van der Waals surface area contributed by atoms with Gasteiger partial charge in [0.15, 0.2) is 0 Å². The molecule has 0 atom stereocenters. The molecule has 2 heteroatoms. The second kappa shape index (κ2) is 5.99. The van der Waals surface area contributed by atoms with E-state index >= 15 is 0 Å². The van der Waals surface area contributed by atoms with Crippen LogP contribution in [-0.2, 0) is 4.79 Å². The fourth-order valence-electron chi connectivity index (χ4n) is 3.92. The lowest BCUT2D eigenvalue weighted by molar-refractivity contribution is -0.135. The van der Waals surface area contributed by atoms with Crippen LogP contribution in [-0.4, -0.2) is 18.9 Å². The average Bonchev–Trinajstić information content (AvgIpc) is 2.41. The van der Waals surface area contributed by atoms with Gasteiger partial charge >= 0.3 is 0 Å². The highest BCUT2D eigenvalue weighted by Gasteiger charge is 2.44. The Kier molecular flexibility index (Phi) is 4.61. The van der Waals surface area contributed by atoms with Crippen molar-refractivity contribution in [2.45, 2.75) is 64.7 Å². The van der Waals surface area contributed by atoms with Crippen LogP contribution in [0, 0.1) is 11.3 Å².